The topological polar surface area (TPSA) is 89.4 Å². The third-order valence-electron chi connectivity index (χ3n) is 6.34. The predicted octanol–water partition coefficient (Wildman–Crippen LogP) is 8.72. The monoisotopic (exact) mass is 710 g/mol. The number of pyridine rings is 2. The summed E-state index contributed by atoms with van der Waals surface area (Å²) in [6.45, 7) is 9.19. The Morgan fingerprint density at radius 3 is 2.35 bits per heavy atom. The molecule has 0 atom stereocenters. The van der Waals surface area contributed by atoms with Crippen molar-refractivity contribution in [3.8, 4) is 22.6 Å². The molecule has 0 aliphatic carbocycles. The molecule has 0 saturated heterocycles. The van der Waals surface area contributed by atoms with Crippen molar-refractivity contribution in [2.45, 2.75) is 40.5 Å². The number of nitrogens with zero attached hydrogens (tertiary/aromatic N) is 2. The molecule has 1 N–H and O–H groups in total. The average Bonchev–Trinajstić information content (AvgIpc) is 3.48. The minimum atomic E-state index is -0.125. The third kappa shape index (κ3) is 6.06. The number of furan rings is 2. The second-order valence-corrected chi connectivity index (χ2v) is 9.87. The van der Waals surface area contributed by atoms with E-state index < -0.39 is 0 Å². The van der Waals surface area contributed by atoms with Gasteiger partial charge in [0, 0.05) is 48.9 Å². The molecule has 0 aliphatic rings. The zero-order valence-electron chi connectivity index (χ0n) is 22.9. The van der Waals surface area contributed by atoms with Gasteiger partial charge in [-0.3, -0.25) is 9.78 Å². The summed E-state index contributed by atoms with van der Waals surface area (Å²) in [5.41, 5.74) is 7.84. The number of fused-ring (bicyclic) bond motifs is 4. The van der Waals surface area contributed by atoms with Crippen LogP contribution < -0.4 is 0 Å². The van der Waals surface area contributed by atoms with E-state index in [9.17, 15) is 4.79 Å². The van der Waals surface area contributed by atoms with E-state index in [0.717, 1.165) is 55.7 Å². The Morgan fingerprint density at radius 2 is 1.70 bits per heavy atom. The zero-order chi connectivity index (χ0) is 27.7. The van der Waals surface area contributed by atoms with Gasteiger partial charge < -0.3 is 13.9 Å². The van der Waals surface area contributed by atoms with E-state index in [-0.39, 0.29) is 31.6 Å². The molecule has 7 heteroatoms. The molecule has 0 aliphatic heterocycles. The first-order valence-corrected chi connectivity index (χ1v) is 12.8. The zero-order valence-corrected chi connectivity index (χ0v) is 25.3. The molecule has 4 heterocycles. The van der Waals surface area contributed by atoms with Gasteiger partial charge in [0.1, 0.15) is 5.76 Å². The number of aryl methyl sites for hydroxylation is 1. The second kappa shape index (κ2) is 12.0. The number of hydrogen-bond acceptors (Lipinski definition) is 6. The SMILES string of the molecule is CC(=O)/C=C(/C)O.Cc1ccc2c(n1)oc1c(-c3ccc4oc(-c5ccc(C(C)C)cc5)cc4n3)[c-]ccc12.[Ir]. The molecule has 2 aromatic carbocycles. The smallest absolute Gasteiger partial charge is 0.216 e. The fraction of sp³-hybridized carbons (Fsp3) is 0.182. The molecule has 6 nitrogen and oxygen atoms in total. The van der Waals surface area contributed by atoms with Crippen molar-refractivity contribution in [2.24, 2.45) is 0 Å². The molecule has 0 saturated carbocycles. The van der Waals surface area contributed by atoms with Crippen molar-refractivity contribution in [3.63, 3.8) is 0 Å². The Labute approximate surface area is 246 Å². The van der Waals surface area contributed by atoms with Gasteiger partial charge in [-0.1, -0.05) is 55.1 Å². The first kappa shape index (κ1) is 28.9. The predicted molar refractivity (Wildman–Crippen MR) is 155 cm³/mol. The Bertz CT molecular complexity index is 1840. The molecule has 6 rings (SSSR count). The van der Waals surface area contributed by atoms with Gasteiger partial charge in [0.25, 0.3) is 0 Å². The number of benzene rings is 2. The summed E-state index contributed by atoms with van der Waals surface area (Å²) in [5, 5.41) is 10.4. The summed E-state index contributed by atoms with van der Waals surface area (Å²) < 4.78 is 12.2. The van der Waals surface area contributed by atoms with E-state index in [4.69, 9.17) is 18.9 Å². The molecule has 205 valence electrons. The van der Waals surface area contributed by atoms with Crippen molar-refractivity contribution in [2.75, 3.05) is 0 Å². The molecule has 1 radical (unpaired) electrons. The van der Waals surface area contributed by atoms with Crippen LogP contribution in [0.15, 0.2) is 87.4 Å². The van der Waals surface area contributed by atoms with Gasteiger partial charge in [-0.05, 0) is 56.1 Å². The minimum absolute atomic E-state index is 0. The second-order valence-electron chi connectivity index (χ2n) is 9.87. The van der Waals surface area contributed by atoms with Gasteiger partial charge in [-0.15, -0.1) is 18.2 Å². The summed E-state index contributed by atoms with van der Waals surface area (Å²) >= 11 is 0. The molecule has 0 spiro atoms. The van der Waals surface area contributed by atoms with Crippen molar-refractivity contribution in [1.29, 1.82) is 0 Å². The van der Waals surface area contributed by atoms with Crippen LogP contribution in [-0.4, -0.2) is 20.9 Å². The van der Waals surface area contributed by atoms with E-state index in [0.29, 0.717) is 11.6 Å². The van der Waals surface area contributed by atoms with E-state index in [1.807, 2.05) is 43.3 Å². The van der Waals surface area contributed by atoms with Crippen LogP contribution in [-0.2, 0) is 24.9 Å². The van der Waals surface area contributed by atoms with Gasteiger partial charge in [0.05, 0.1) is 16.9 Å². The van der Waals surface area contributed by atoms with Gasteiger partial charge in [-0.25, -0.2) is 4.98 Å². The van der Waals surface area contributed by atoms with Crippen LogP contribution >= 0.6 is 0 Å². The summed E-state index contributed by atoms with van der Waals surface area (Å²) in [5.74, 6) is 1.25. The van der Waals surface area contributed by atoms with Crippen LogP contribution in [0.3, 0.4) is 0 Å². The number of allylic oxidation sites excluding steroid dienone is 2. The summed E-state index contributed by atoms with van der Waals surface area (Å²) in [7, 11) is 0. The van der Waals surface area contributed by atoms with Crippen molar-refractivity contribution < 1.29 is 38.8 Å². The molecule has 6 aromatic rings. The molecular formula is C33H29IrN2O4-. The molecule has 40 heavy (non-hydrogen) atoms. The van der Waals surface area contributed by atoms with Crippen LogP contribution in [0.4, 0.5) is 0 Å². The van der Waals surface area contributed by atoms with Crippen LogP contribution in [0.1, 0.15) is 44.9 Å². The number of hydrogen-bond donors (Lipinski definition) is 1. The number of aliphatic hydroxyl groups is 1. The van der Waals surface area contributed by atoms with Crippen LogP contribution in [0, 0.1) is 13.0 Å². The van der Waals surface area contributed by atoms with Crippen LogP contribution in [0.5, 0.6) is 0 Å². The molecule has 4 aromatic heterocycles. The summed E-state index contributed by atoms with van der Waals surface area (Å²) in [6.07, 6.45) is 1.17. The van der Waals surface area contributed by atoms with Crippen molar-refractivity contribution in [3.05, 3.63) is 95.9 Å². The molecule has 0 fully saturated rings. The van der Waals surface area contributed by atoms with Crippen molar-refractivity contribution in [1.82, 2.24) is 9.97 Å². The van der Waals surface area contributed by atoms with Gasteiger partial charge >= 0.3 is 0 Å². The van der Waals surface area contributed by atoms with E-state index in [2.05, 4.69) is 55.2 Å². The molecule has 0 bridgehead atoms. The molecule has 0 unspecified atom stereocenters. The molecule has 0 amide bonds. The van der Waals surface area contributed by atoms with Crippen molar-refractivity contribution >= 4 is 39.0 Å². The number of ketones is 1. The normalized spacial score (nSPS) is 11.5. The quantitative estimate of drug-likeness (QED) is 0.112. The fourth-order valence-corrected chi connectivity index (χ4v) is 4.44. The number of rotatable bonds is 4. The fourth-order valence-electron chi connectivity index (χ4n) is 4.44. The maximum Gasteiger partial charge on any atom is 0.216 e. The average molecular weight is 710 g/mol. The Kier molecular flexibility index (Phi) is 8.67. The van der Waals surface area contributed by atoms with Gasteiger partial charge in [-0.2, -0.15) is 0 Å². The third-order valence-corrected chi connectivity index (χ3v) is 6.34. The maximum atomic E-state index is 10.0. The first-order chi connectivity index (χ1) is 18.7. The Morgan fingerprint density at radius 1 is 0.950 bits per heavy atom. The number of carbonyl (C=O) groups excluding carboxylic acids is 1. The molecular weight excluding hydrogens is 681 g/mol. The Balaban J connectivity index is 0.000000413. The largest absolute Gasteiger partial charge is 0.512 e. The first-order valence-electron chi connectivity index (χ1n) is 12.8. The van der Waals surface area contributed by atoms with Crippen LogP contribution in [0.2, 0.25) is 0 Å². The Hall–Kier alpha value is -4.06. The van der Waals surface area contributed by atoms with Gasteiger partial charge in [0.15, 0.2) is 11.4 Å². The van der Waals surface area contributed by atoms with Gasteiger partial charge in [0.2, 0.25) is 5.71 Å². The minimum Gasteiger partial charge on any atom is -0.512 e. The number of carbonyl (C=O) groups is 1. The maximum absolute atomic E-state index is 10.0. The van der Waals surface area contributed by atoms with E-state index in [1.165, 1.54) is 25.5 Å². The standard InChI is InChI=1S/C28H21N2O2.C5H8O2.Ir/c1-16(2)18-8-10-19(11-9-18)26-15-24-25(31-26)14-13-23(30-24)22-6-4-5-20-21-12-7-17(3)29-28(21)32-27(20)22;1-4(6)3-5(2)7;/h4-5,7-16H,1-3H3;3,6H,1-2H3;/q-1;;/b;4-3-;. The number of aromatic nitrogens is 2. The summed E-state index contributed by atoms with van der Waals surface area (Å²) in [4.78, 5) is 19.4. The van der Waals surface area contributed by atoms with E-state index in [1.54, 1.807) is 0 Å². The van der Waals surface area contributed by atoms with Crippen LogP contribution in [0.25, 0.3) is 55.7 Å². The van der Waals surface area contributed by atoms with E-state index >= 15 is 0 Å². The summed E-state index contributed by atoms with van der Waals surface area (Å²) in [6, 6.07) is 25.7. The number of aliphatic hydroxyl groups excluding tert-OH is 1.